The van der Waals surface area contributed by atoms with Crippen LogP contribution in [0.1, 0.15) is 5.56 Å². The average Bonchev–Trinajstić information content (AvgIpc) is 2.28. The zero-order valence-corrected chi connectivity index (χ0v) is 10.2. The Morgan fingerprint density at radius 1 is 1.44 bits per heavy atom. The first-order chi connectivity index (χ1) is 7.58. The van der Waals surface area contributed by atoms with E-state index in [9.17, 15) is 4.79 Å². The lowest BCUT2D eigenvalue weighted by Crippen LogP contribution is -2.23. The van der Waals surface area contributed by atoms with E-state index in [1.54, 1.807) is 26.1 Å². The summed E-state index contributed by atoms with van der Waals surface area (Å²) < 4.78 is 5.23. The quantitative estimate of drug-likeness (QED) is 0.836. The number of hydrogen-bond acceptors (Lipinski definition) is 3. The van der Waals surface area contributed by atoms with Gasteiger partial charge in [0, 0.05) is 21.1 Å². The minimum absolute atomic E-state index is 0.0826. The smallest absolute Gasteiger partial charge is 0.226 e. The lowest BCUT2D eigenvalue weighted by atomic mass is 10.1. The number of hydrogen-bond donors (Lipinski definition) is 1. The lowest BCUT2D eigenvalue weighted by molar-refractivity contribution is -0.127. The van der Waals surface area contributed by atoms with E-state index in [0.29, 0.717) is 6.42 Å². The van der Waals surface area contributed by atoms with Crippen molar-refractivity contribution in [3.05, 3.63) is 23.8 Å². The van der Waals surface area contributed by atoms with Crippen molar-refractivity contribution in [3.8, 4) is 5.75 Å². The number of anilines is 1. The molecule has 0 saturated carbocycles. The number of nitrogens with one attached hydrogen (secondary N) is 1. The average molecular weight is 222 g/mol. The zero-order chi connectivity index (χ0) is 12.1. The monoisotopic (exact) mass is 222 g/mol. The van der Waals surface area contributed by atoms with E-state index in [1.807, 2.05) is 25.2 Å². The van der Waals surface area contributed by atoms with E-state index in [1.165, 1.54) is 0 Å². The molecule has 1 aromatic rings. The number of methoxy groups -OCH3 is 1. The molecule has 4 heteroatoms. The summed E-state index contributed by atoms with van der Waals surface area (Å²) in [7, 11) is 6.96. The highest BCUT2D eigenvalue weighted by Gasteiger charge is 2.08. The molecule has 0 spiro atoms. The number of nitrogens with zero attached hydrogens (tertiary/aromatic N) is 1. The maximum Gasteiger partial charge on any atom is 0.226 e. The van der Waals surface area contributed by atoms with Gasteiger partial charge in [-0.2, -0.15) is 0 Å². The van der Waals surface area contributed by atoms with Crippen LogP contribution in [-0.4, -0.2) is 39.1 Å². The van der Waals surface area contributed by atoms with Gasteiger partial charge in [-0.1, -0.05) is 6.07 Å². The number of ether oxygens (including phenoxy) is 1. The first-order valence-corrected chi connectivity index (χ1v) is 5.13. The Labute approximate surface area is 96.2 Å². The summed E-state index contributed by atoms with van der Waals surface area (Å²) in [6, 6.07) is 5.72. The number of rotatable bonds is 4. The molecule has 0 radical (unpaired) electrons. The van der Waals surface area contributed by atoms with E-state index in [2.05, 4.69) is 5.32 Å². The Bertz CT molecular complexity index is 375. The van der Waals surface area contributed by atoms with Gasteiger partial charge in [0.25, 0.3) is 0 Å². The van der Waals surface area contributed by atoms with Gasteiger partial charge in [0.1, 0.15) is 5.75 Å². The Morgan fingerprint density at radius 3 is 2.62 bits per heavy atom. The standard InChI is InChI=1S/C12H18N2O2/c1-13-10-6-5-9(7-11(10)16-4)8-12(15)14(2)3/h5-7,13H,8H2,1-4H3. The van der Waals surface area contributed by atoms with Gasteiger partial charge in [0.2, 0.25) is 5.91 Å². The lowest BCUT2D eigenvalue weighted by Gasteiger charge is -2.12. The Morgan fingerprint density at radius 2 is 2.12 bits per heavy atom. The zero-order valence-electron chi connectivity index (χ0n) is 10.2. The molecule has 0 bridgehead atoms. The van der Waals surface area contributed by atoms with Crippen molar-refractivity contribution in [1.29, 1.82) is 0 Å². The summed E-state index contributed by atoms with van der Waals surface area (Å²) in [4.78, 5) is 13.1. The van der Waals surface area contributed by atoms with Crippen molar-refractivity contribution < 1.29 is 9.53 Å². The summed E-state index contributed by atoms with van der Waals surface area (Å²) in [6.45, 7) is 0. The Kier molecular flexibility index (Phi) is 4.17. The fraction of sp³-hybridized carbons (Fsp3) is 0.417. The van der Waals surface area contributed by atoms with Gasteiger partial charge in [-0.25, -0.2) is 0 Å². The fourth-order valence-corrected chi connectivity index (χ4v) is 1.38. The van der Waals surface area contributed by atoms with Crippen LogP contribution < -0.4 is 10.1 Å². The second-order valence-corrected chi connectivity index (χ2v) is 3.75. The van der Waals surface area contributed by atoms with Crippen molar-refractivity contribution in [3.63, 3.8) is 0 Å². The van der Waals surface area contributed by atoms with Crippen LogP contribution in [0, 0.1) is 0 Å². The molecule has 1 amide bonds. The van der Waals surface area contributed by atoms with Crippen LogP contribution in [-0.2, 0) is 11.2 Å². The summed E-state index contributed by atoms with van der Waals surface area (Å²) in [5, 5.41) is 3.03. The highest BCUT2D eigenvalue weighted by atomic mass is 16.5. The third-order valence-electron chi connectivity index (χ3n) is 2.39. The molecule has 16 heavy (non-hydrogen) atoms. The number of carbonyl (C=O) groups is 1. The van der Waals surface area contributed by atoms with Crippen molar-refractivity contribution >= 4 is 11.6 Å². The Hall–Kier alpha value is -1.71. The molecule has 4 nitrogen and oxygen atoms in total. The summed E-state index contributed by atoms with van der Waals surface area (Å²) >= 11 is 0. The predicted molar refractivity (Wildman–Crippen MR) is 64.9 cm³/mol. The molecule has 1 aromatic carbocycles. The van der Waals surface area contributed by atoms with E-state index in [4.69, 9.17) is 4.74 Å². The molecule has 88 valence electrons. The van der Waals surface area contributed by atoms with Crippen LogP contribution in [0.25, 0.3) is 0 Å². The first kappa shape index (κ1) is 12.4. The molecule has 0 atom stereocenters. The third-order valence-corrected chi connectivity index (χ3v) is 2.39. The van der Waals surface area contributed by atoms with Gasteiger partial charge in [0.15, 0.2) is 0 Å². The summed E-state index contributed by atoms with van der Waals surface area (Å²) in [5.41, 5.74) is 1.87. The SMILES string of the molecule is CNc1ccc(CC(=O)N(C)C)cc1OC. The second-order valence-electron chi connectivity index (χ2n) is 3.75. The van der Waals surface area contributed by atoms with Gasteiger partial charge in [-0.15, -0.1) is 0 Å². The van der Waals surface area contributed by atoms with Crippen molar-refractivity contribution in [2.24, 2.45) is 0 Å². The van der Waals surface area contributed by atoms with Crippen molar-refractivity contribution in [2.45, 2.75) is 6.42 Å². The number of likely N-dealkylation sites (N-methyl/N-ethyl adjacent to an activating group) is 1. The third kappa shape index (κ3) is 2.89. The van der Waals surface area contributed by atoms with Gasteiger partial charge in [-0.05, 0) is 17.7 Å². The number of amides is 1. The molecule has 1 rings (SSSR count). The molecule has 0 fully saturated rings. The summed E-state index contributed by atoms with van der Waals surface area (Å²) in [5.74, 6) is 0.839. The van der Waals surface area contributed by atoms with E-state index < -0.39 is 0 Å². The van der Waals surface area contributed by atoms with Crippen LogP contribution in [0.4, 0.5) is 5.69 Å². The van der Waals surface area contributed by atoms with Gasteiger partial charge in [-0.3, -0.25) is 4.79 Å². The largest absolute Gasteiger partial charge is 0.495 e. The molecule has 0 saturated heterocycles. The Balaban J connectivity index is 2.87. The minimum atomic E-state index is 0.0826. The van der Waals surface area contributed by atoms with Crippen molar-refractivity contribution in [2.75, 3.05) is 33.6 Å². The minimum Gasteiger partial charge on any atom is -0.495 e. The molecule has 0 aliphatic rings. The van der Waals surface area contributed by atoms with E-state index in [-0.39, 0.29) is 5.91 Å². The highest BCUT2D eigenvalue weighted by molar-refractivity contribution is 5.78. The van der Waals surface area contributed by atoms with Gasteiger partial charge >= 0.3 is 0 Å². The second kappa shape index (κ2) is 5.39. The molecule has 1 N–H and O–H groups in total. The van der Waals surface area contributed by atoms with Crippen LogP contribution in [0.3, 0.4) is 0 Å². The van der Waals surface area contributed by atoms with Crippen LogP contribution >= 0.6 is 0 Å². The van der Waals surface area contributed by atoms with E-state index >= 15 is 0 Å². The normalized spacial score (nSPS) is 9.75. The number of carbonyl (C=O) groups excluding carboxylic acids is 1. The first-order valence-electron chi connectivity index (χ1n) is 5.13. The topological polar surface area (TPSA) is 41.6 Å². The molecule has 0 aromatic heterocycles. The fourth-order valence-electron chi connectivity index (χ4n) is 1.38. The van der Waals surface area contributed by atoms with Crippen LogP contribution in [0.15, 0.2) is 18.2 Å². The summed E-state index contributed by atoms with van der Waals surface area (Å²) in [6.07, 6.45) is 0.396. The number of benzene rings is 1. The van der Waals surface area contributed by atoms with E-state index in [0.717, 1.165) is 17.0 Å². The molecule has 0 aliphatic heterocycles. The maximum absolute atomic E-state index is 11.5. The molecular weight excluding hydrogens is 204 g/mol. The maximum atomic E-state index is 11.5. The van der Waals surface area contributed by atoms with Gasteiger partial charge in [0.05, 0.1) is 19.2 Å². The molecule has 0 aliphatic carbocycles. The molecule has 0 unspecified atom stereocenters. The molecule has 0 heterocycles. The highest BCUT2D eigenvalue weighted by Crippen LogP contribution is 2.25. The van der Waals surface area contributed by atoms with Crippen LogP contribution in [0.5, 0.6) is 5.75 Å². The van der Waals surface area contributed by atoms with Crippen LogP contribution in [0.2, 0.25) is 0 Å². The predicted octanol–water partition coefficient (Wildman–Crippen LogP) is 1.37. The molecular formula is C12H18N2O2. The van der Waals surface area contributed by atoms with Crippen molar-refractivity contribution in [1.82, 2.24) is 4.90 Å². The van der Waals surface area contributed by atoms with Gasteiger partial charge < -0.3 is 15.0 Å².